The van der Waals surface area contributed by atoms with Crippen LogP contribution in [0.1, 0.15) is 54.5 Å². The maximum absolute atomic E-state index is 12.1. The smallest absolute Gasteiger partial charge is 0.175 e. The highest BCUT2D eigenvalue weighted by Gasteiger charge is 2.33. The number of hydrogen-bond acceptors (Lipinski definition) is 4. The summed E-state index contributed by atoms with van der Waals surface area (Å²) in [4.78, 5) is 20.2. The molecule has 1 aliphatic carbocycles. The number of ketones is 1. The lowest BCUT2D eigenvalue weighted by atomic mass is 9.78. The molecule has 0 atom stereocenters. The molecule has 0 saturated heterocycles. The van der Waals surface area contributed by atoms with E-state index in [1.807, 2.05) is 0 Å². The third kappa shape index (κ3) is 3.42. The highest BCUT2D eigenvalue weighted by Crippen LogP contribution is 2.36. The minimum atomic E-state index is 0.0777. The van der Waals surface area contributed by atoms with Crippen molar-refractivity contribution in [3.05, 3.63) is 15.6 Å². The largest absolute Gasteiger partial charge is 0.303 e. The van der Waals surface area contributed by atoms with Crippen molar-refractivity contribution in [3.63, 3.8) is 0 Å². The Hall–Kier alpha value is -0.740. The molecule has 0 aliphatic heterocycles. The number of likely N-dealkylation sites (N-methyl/N-ethyl adjacent to an activating group) is 1. The molecule has 19 heavy (non-hydrogen) atoms. The Kier molecular flexibility index (Phi) is 4.41. The Balaban J connectivity index is 2.08. The van der Waals surface area contributed by atoms with Crippen molar-refractivity contribution in [2.75, 3.05) is 19.6 Å². The average Bonchev–Trinajstić information content (AvgIpc) is 2.72. The van der Waals surface area contributed by atoms with Gasteiger partial charge in [0.2, 0.25) is 0 Å². The molecule has 0 aromatic carbocycles. The summed E-state index contributed by atoms with van der Waals surface area (Å²) in [6.07, 6.45) is 2.57. The van der Waals surface area contributed by atoms with Gasteiger partial charge in [-0.25, -0.2) is 4.98 Å². The fourth-order valence-corrected chi connectivity index (χ4v) is 3.68. The lowest BCUT2D eigenvalue weighted by molar-refractivity contribution is 0.0916. The van der Waals surface area contributed by atoms with E-state index in [9.17, 15) is 4.79 Å². The van der Waals surface area contributed by atoms with Crippen LogP contribution in [0.2, 0.25) is 0 Å². The van der Waals surface area contributed by atoms with Crippen LogP contribution in [-0.4, -0.2) is 35.3 Å². The summed E-state index contributed by atoms with van der Waals surface area (Å²) < 4.78 is 0. The molecule has 0 unspecified atom stereocenters. The van der Waals surface area contributed by atoms with E-state index in [0.29, 0.717) is 6.42 Å². The Labute approximate surface area is 120 Å². The highest BCUT2D eigenvalue weighted by molar-refractivity contribution is 7.13. The molecule has 0 spiro atoms. The lowest BCUT2D eigenvalue weighted by Crippen LogP contribution is -2.26. The Bertz CT molecular complexity index is 461. The van der Waals surface area contributed by atoms with Crippen LogP contribution in [0.3, 0.4) is 0 Å². The number of hydrogen-bond donors (Lipinski definition) is 0. The van der Waals surface area contributed by atoms with Gasteiger partial charge in [-0.15, -0.1) is 11.3 Å². The first-order valence-corrected chi connectivity index (χ1v) is 8.01. The van der Waals surface area contributed by atoms with Crippen molar-refractivity contribution in [2.45, 2.75) is 47.0 Å². The molecule has 0 bridgehead atoms. The number of nitrogens with zero attached hydrogens (tertiary/aromatic N) is 2. The first-order valence-electron chi connectivity index (χ1n) is 7.19. The van der Waals surface area contributed by atoms with Crippen LogP contribution < -0.4 is 0 Å². The second-order valence-electron chi connectivity index (χ2n) is 6.10. The molecule has 1 heterocycles. The number of carbonyl (C=O) groups excluding carboxylic acids is 1. The van der Waals surface area contributed by atoms with Gasteiger partial charge in [0.15, 0.2) is 5.78 Å². The van der Waals surface area contributed by atoms with E-state index < -0.39 is 0 Å². The van der Waals surface area contributed by atoms with Gasteiger partial charge >= 0.3 is 0 Å². The number of thiazole rings is 1. The molecule has 0 radical (unpaired) electrons. The van der Waals surface area contributed by atoms with Crippen LogP contribution in [0.5, 0.6) is 0 Å². The predicted molar refractivity (Wildman–Crippen MR) is 80.0 cm³/mol. The fraction of sp³-hybridized carbons (Fsp3) is 0.733. The minimum absolute atomic E-state index is 0.0777. The average molecular weight is 280 g/mol. The van der Waals surface area contributed by atoms with Crippen LogP contribution in [0, 0.1) is 5.41 Å². The van der Waals surface area contributed by atoms with Crippen molar-refractivity contribution in [3.8, 4) is 0 Å². The second-order valence-corrected chi connectivity index (χ2v) is 7.18. The number of aromatic nitrogens is 1. The van der Waals surface area contributed by atoms with Crippen molar-refractivity contribution in [1.82, 2.24) is 9.88 Å². The molecule has 2 rings (SSSR count). The summed E-state index contributed by atoms with van der Waals surface area (Å²) in [5, 5.41) is 1.13. The zero-order valence-corrected chi connectivity index (χ0v) is 13.3. The summed E-state index contributed by atoms with van der Waals surface area (Å²) in [5.41, 5.74) is 1.12. The van der Waals surface area contributed by atoms with Gasteiger partial charge in [0.05, 0.1) is 15.6 Å². The minimum Gasteiger partial charge on any atom is -0.303 e. The normalized spacial score (nSPS) is 17.8. The zero-order chi connectivity index (χ0) is 14.0. The van der Waals surface area contributed by atoms with Crippen LogP contribution >= 0.6 is 11.3 Å². The standard InChI is InChI=1S/C15H24N2OS/c1-5-17(6-2)8-7-13-16-11-9-15(3,4)10-12(18)14(11)19-13/h5-10H2,1-4H3. The van der Waals surface area contributed by atoms with Gasteiger partial charge in [0.25, 0.3) is 0 Å². The van der Waals surface area contributed by atoms with Crippen LogP contribution in [0.25, 0.3) is 0 Å². The van der Waals surface area contributed by atoms with Crippen LogP contribution in [-0.2, 0) is 12.8 Å². The van der Waals surface area contributed by atoms with Gasteiger partial charge in [-0.2, -0.15) is 0 Å². The molecule has 0 amide bonds. The van der Waals surface area contributed by atoms with Crippen molar-refractivity contribution in [2.24, 2.45) is 5.41 Å². The predicted octanol–water partition coefficient (Wildman–Crippen LogP) is 3.18. The van der Waals surface area contributed by atoms with Crippen molar-refractivity contribution in [1.29, 1.82) is 0 Å². The van der Waals surface area contributed by atoms with E-state index in [1.54, 1.807) is 11.3 Å². The number of fused-ring (bicyclic) bond motifs is 1. The maximum Gasteiger partial charge on any atom is 0.175 e. The molecule has 106 valence electrons. The van der Waals surface area contributed by atoms with Gasteiger partial charge in [0, 0.05) is 19.4 Å². The zero-order valence-electron chi connectivity index (χ0n) is 12.5. The molecule has 0 N–H and O–H groups in total. The maximum atomic E-state index is 12.1. The first-order chi connectivity index (χ1) is 8.95. The van der Waals surface area contributed by atoms with Gasteiger partial charge in [-0.05, 0) is 24.9 Å². The SMILES string of the molecule is CCN(CC)CCc1nc2c(s1)C(=O)CC(C)(C)C2. The summed E-state index contributed by atoms with van der Waals surface area (Å²) in [7, 11) is 0. The van der Waals surface area contributed by atoms with Gasteiger partial charge < -0.3 is 4.90 Å². The summed E-state index contributed by atoms with van der Waals surface area (Å²) in [6, 6.07) is 0. The molecular weight excluding hydrogens is 256 g/mol. The summed E-state index contributed by atoms with van der Waals surface area (Å²) >= 11 is 1.62. The van der Waals surface area contributed by atoms with Crippen molar-refractivity contribution < 1.29 is 4.79 Å². The third-order valence-corrected chi connectivity index (χ3v) is 5.01. The molecular formula is C15H24N2OS. The second kappa shape index (κ2) is 5.71. The molecule has 0 fully saturated rings. The fourth-order valence-electron chi connectivity index (χ4n) is 2.67. The Morgan fingerprint density at radius 1 is 1.26 bits per heavy atom. The van der Waals surface area contributed by atoms with E-state index in [2.05, 4.69) is 32.6 Å². The topological polar surface area (TPSA) is 33.2 Å². The highest BCUT2D eigenvalue weighted by atomic mass is 32.1. The summed E-state index contributed by atoms with van der Waals surface area (Å²) in [5.74, 6) is 0.290. The van der Waals surface area contributed by atoms with E-state index in [0.717, 1.165) is 48.1 Å². The number of Topliss-reactive ketones (excluding diaryl/α,β-unsaturated/α-hetero) is 1. The van der Waals surface area contributed by atoms with E-state index >= 15 is 0 Å². The van der Waals surface area contributed by atoms with Crippen LogP contribution in [0.15, 0.2) is 0 Å². The van der Waals surface area contributed by atoms with Gasteiger partial charge in [-0.3, -0.25) is 4.79 Å². The molecule has 1 aliphatic rings. The quantitative estimate of drug-likeness (QED) is 0.830. The lowest BCUT2D eigenvalue weighted by Gasteiger charge is -2.26. The van der Waals surface area contributed by atoms with Gasteiger partial charge in [-0.1, -0.05) is 27.7 Å². The summed E-state index contributed by atoms with van der Waals surface area (Å²) in [6.45, 7) is 11.9. The molecule has 3 nitrogen and oxygen atoms in total. The van der Waals surface area contributed by atoms with E-state index in [-0.39, 0.29) is 11.2 Å². The molecule has 1 aromatic heterocycles. The molecule has 4 heteroatoms. The number of rotatable bonds is 5. The third-order valence-electron chi connectivity index (χ3n) is 3.82. The van der Waals surface area contributed by atoms with E-state index in [1.165, 1.54) is 0 Å². The molecule has 1 aromatic rings. The van der Waals surface area contributed by atoms with Crippen LogP contribution in [0.4, 0.5) is 0 Å². The Morgan fingerprint density at radius 3 is 2.58 bits per heavy atom. The molecule has 0 saturated carbocycles. The van der Waals surface area contributed by atoms with E-state index in [4.69, 9.17) is 4.98 Å². The van der Waals surface area contributed by atoms with Crippen molar-refractivity contribution >= 4 is 17.1 Å². The number of carbonyl (C=O) groups is 1. The Morgan fingerprint density at radius 2 is 1.95 bits per heavy atom. The van der Waals surface area contributed by atoms with Gasteiger partial charge in [0.1, 0.15) is 0 Å². The monoisotopic (exact) mass is 280 g/mol. The first kappa shape index (κ1) is 14.7.